The Hall–Kier alpha value is -1.97. The number of amides is 1. The Morgan fingerprint density at radius 1 is 0.936 bits per heavy atom. The van der Waals surface area contributed by atoms with Gasteiger partial charge in [0.1, 0.15) is 12.1 Å². The van der Waals surface area contributed by atoms with Crippen LogP contribution in [-0.4, -0.2) is 73.1 Å². The van der Waals surface area contributed by atoms with E-state index in [1.165, 1.54) is 0 Å². The fourth-order valence-corrected chi connectivity index (χ4v) is 5.02. The maximum absolute atomic E-state index is 13.5. The molecule has 0 aliphatic carbocycles. The number of aromatic amines is 1. The Labute approximate surface area is 304 Å². The van der Waals surface area contributed by atoms with Gasteiger partial charge in [-0.05, 0) is 42.7 Å². The highest BCUT2D eigenvalue weighted by Gasteiger charge is 2.34. The van der Waals surface area contributed by atoms with E-state index in [2.05, 4.69) is 10.3 Å². The van der Waals surface area contributed by atoms with E-state index in [-0.39, 0.29) is 74.0 Å². The number of rotatable bonds is 15. The van der Waals surface area contributed by atoms with Gasteiger partial charge in [-0.3, -0.25) is 9.59 Å². The van der Waals surface area contributed by atoms with Crippen molar-refractivity contribution in [3.05, 3.63) is 77.5 Å². The van der Waals surface area contributed by atoms with Gasteiger partial charge >= 0.3 is 6.18 Å². The summed E-state index contributed by atoms with van der Waals surface area (Å²) >= 11 is 0. The number of carbonyl (C=O) groups excluding carboxylic acids is 2. The number of aromatic nitrogens is 1. The summed E-state index contributed by atoms with van der Waals surface area (Å²) in [6.07, 6.45) is -3.74. The van der Waals surface area contributed by atoms with Gasteiger partial charge in [-0.2, -0.15) is 13.2 Å². The van der Waals surface area contributed by atoms with Gasteiger partial charge in [0.25, 0.3) is 0 Å². The molecule has 0 aliphatic heterocycles. The molecule has 268 valence electrons. The Morgan fingerprint density at radius 3 is 2.06 bits per heavy atom. The van der Waals surface area contributed by atoms with Crippen molar-refractivity contribution in [3.63, 3.8) is 0 Å². The van der Waals surface area contributed by atoms with Crippen molar-refractivity contribution in [3.8, 4) is 0 Å². The van der Waals surface area contributed by atoms with Crippen LogP contribution in [-0.2, 0) is 22.2 Å². The number of pyridine rings is 1. The van der Waals surface area contributed by atoms with Gasteiger partial charge in [0, 0.05) is 36.5 Å². The van der Waals surface area contributed by atoms with Crippen LogP contribution in [0.15, 0.2) is 60.8 Å². The molecule has 47 heavy (non-hydrogen) atoms. The van der Waals surface area contributed by atoms with Crippen LogP contribution >= 0.6 is 0 Å². The monoisotopic (exact) mass is 765 g/mol. The number of nitrogens with two attached hydrogens (primary N) is 3. The van der Waals surface area contributed by atoms with Gasteiger partial charge in [-0.25, -0.2) is 4.98 Å². The highest BCUT2D eigenvalue weighted by atomic mass is 35.5. The first-order valence-corrected chi connectivity index (χ1v) is 13.9. The van der Waals surface area contributed by atoms with Gasteiger partial charge in [-0.15, -0.1) is 0 Å². The van der Waals surface area contributed by atoms with E-state index < -0.39 is 41.6 Å². The first-order valence-electron chi connectivity index (χ1n) is 13.9. The second-order valence-electron chi connectivity index (χ2n) is 10.9. The minimum atomic E-state index is -4.56. The van der Waals surface area contributed by atoms with E-state index in [9.17, 15) is 27.9 Å². The third-order valence-corrected chi connectivity index (χ3v) is 7.52. The fraction of sp³-hybridized carbons (Fsp3) is 0.433. The number of fused-ring (bicyclic) bond motifs is 1. The van der Waals surface area contributed by atoms with Crippen LogP contribution in [0.3, 0.4) is 0 Å². The Morgan fingerprint density at radius 2 is 1.51 bits per heavy atom. The minimum Gasteiger partial charge on any atom is -1.00 e. The molecule has 9 N–H and O–H groups in total. The van der Waals surface area contributed by atoms with Crippen molar-refractivity contribution in [1.29, 1.82) is 0 Å². The second kappa shape index (κ2) is 22.6. The molecule has 0 unspecified atom stereocenters. The number of para-hydroxylation sites is 1. The molecule has 0 fully saturated rings. The third-order valence-electron chi connectivity index (χ3n) is 7.52. The van der Waals surface area contributed by atoms with Crippen LogP contribution in [0.4, 0.5) is 13.2 Å². The summed E-state index contributed by atoms with van der Waals surface area (Å²) in [6, 6.07) is 10.7. The molecule has 3 aromatic rings. The number of benzene rings is 2. The number of nitrogens with zero attached hydrogens (tertiary/aromatic N) is 1. The zero-order valence-corrected chi connectivity index (χ0v) is 29.4. The number of aliphatic hydroxyl groups is 1. The van der Waals surface area contributed by atoms with Crippen molar-refractivity contribution in [2.75, 3.05) is 39.8 Å². The minimum absolute atomic E-state index is 0. The summed E-state index contributed by atoms with van der Waals surface area (Å²) in [6.45, 7) is 3.12. The summed E-state index contributed by atoms with van der Waals surface area (Å²) in [5, 5.41) is 14.6. The number of halogens is 8. The maximum Gasteiger partial charge on any atom is 0.416 e. The number of ketones is 1. The quantitative estimate of drug-likeness (QED) is 0.0968. The SMILES string of the molecule is C[N+](CCN)(CCN)CCC[C@H](N)C(=O)N[C@@H](C(=O)Cc1c[nH+]c2ccccc2c1)[C@@H](O)c1ccc(C(F)(F)F)cc1.[Cl-].[Cl-].[Cl-].[Cl-].[Cl-]. The lowest BCUT2D eigenvalue weighted by atomic mass is 9.94. The zero-order chi connectivity index (χ0) is 30.9. The molecule has 0 spiro atoms. The summed E-state index contributed by atoms with van der Waals surface area (Å²) in [5.41, 5.74) is 18.3. The molecule has 0 saturated carbocycles. The number of carbonyl (C=O) groups is 2. The molecule has 0 bridgehead atoms. The van der Waals surface area contributed by atoms with Crippen molar-refractivity contribution in [2.24, 2.45) is 17.2 Å². The van der Waals surface area contributed by atoms with Crippen LogP contribution < -0.4 is 89.5 Å². The van der Waals surface area contributed by atoms with Gasteiger partial charge in [0.2, 0.25) is 11.4 Å². The summed E-state index contributed by atoms with van der Waals surface area (Å²) in [4.78, 5) is 29.7. The molecular weight excluding hydrogens is 727 g/mol. The number of Topliss-reactive ketones (excluding diaryl/α,β-unsaturated/α-hetero) is 1. The van der Waals surface area contributed by atoms with Crippen molar-refractivity contribution >= 4 is 22.6 Å². The largest absolute Gasteiger partial charge is 1.00 e. The van der Waals surface area contributed by atoms with Crippen molar-refractivity contribution in [1.82, 2.24) is 5.32 Å². The maximum atomic E-state index is 13.5. The standard InChI is InChI=1S/C30H39F3N6O3.5ClH/c1-39(15-12-34,16-13-35)14-4-6-24(36)29(42)38-27(28(41)21-8-10-23(11-9-21)30(31,32)33)26(40)18-20-17-22-5-2-3-7-25(22)37-19-20;;;;;/h2-3,5,7-11,17,19,24,27-28,41H,4,6,12-16,18,34-36H2,1H3;5*1H/p-3/t24-,27-,28-;;;;;/m0...../s1. The Bertz CT molecular complexity index is 1350. The number of alkyl halides is 3. The molecule has 0 saturated heterocycles. The molecule has 17 heteroatoms. The normalized spacial score (nSPS) is 12.9. The second-order valence-corrected chi connectivity index (χ2v) is 10.9. The summed E-state index contributed by atoms with van der Waals surface area (Å²) < 4.78 is 39.9. The molecule has 2 aromatic carbocycles. The third kappa shape index (κ3) is 14.6. The van der Waals surface area contributed by atoms with E-state index >= 15 is 0 Å². The number of H-pyrrole nitrogens is 1. The van der Waals surface area contributed by atoms with Crippen molar-refractivity contribution < 1.29 is 99.4 Å². The van der Waals surface area contributed by atoms with E-state index in [1.54, 1.807) is 6.20 Å². The predicted molar refractivity (Wildman–Crippen MR) is 154 cm³/mol. The molecule has 0 radical (unpaired) electrons. The molecule has 3 atom stereocenters. The van der Waals surface area contributed by atoms with Gasteiger partial charge < -0.3 is 94.1 Å². The lowest BCUT2D eigenvalue weighted by molar-refractivity contribution is -0.907. The average Bonchev–Trinajstić information content (AvgIpc) is 2.95. The number of aliphatic hydroxyl groups excluding tert-OH is 1. The highest BCUT2D eigenvalue weighted by molar-refractivity contribution is 5.92. The lowest BCUT2D eigenvalue weighted by Crippen LogP contribution is -3.00. The molecule has 1 amide bonds. The van der Waals surface area contributed by atoms with E-state index in [0.29, 0.717) is 42.5 Å². The van der Waals surface area contributed by atoms with E-state index in [4.69, 9.17) is 17.2 Å². The van der Waals surface area contributed by atoms with Crippen LogP contribution in [0, 0.1) is 0 Å². The number of likely N-dealkylation sites (N-methyl/N-ethyl adjacent to an activating group) is 1. The zero-order valence-electron chi connectivity index (χ0n) is 25.6. The van der Waals surface area contributed by atoms with Crippen molar-refractivity contribution in [2.45, 2.75) is 43.6 Å². The smallest absolute Gasteiger partial charge is 0.416 e. The van der Waals surface area contributed by atoms with Crippen LogP contribution in [0.2, 0.25) is 0 Å². The molecular formula is C30H41Cl5F3N6O3-3. The number of nitrogens with one attached hydrogen (secondary N) is 2. The van der Waals surface area contributed by atoms with Gasteiger partial charge in [-0.1, -0.05) is 24.3 Å². The number of hydrogen-bond acceptors (Lipinski definition) is 6. The van der Waals surface area contributed by atoms with Crippen LogP contribution in [0.1, 0.15) is 35.6 Å². The highest BCUT2D eigenvalue weighted by Crippen LogP contribution is 2.30. The Kier molecular flexibility index (Phi) is 23.8. The molecule has 1 aromatic heterocycles. The summed E-state index contributed by atoms with van der Waals surface area (Å²) in [7, 11) is 2.03. The molecule has 0 aliphatic rings. The molecule has 1 heterocycles. The van der Waals surface area contributed by atoms with E-state index in [0.717, 1.165) is 48.3 Å². The molecule has 3 rings (SSSR count). The predicted octanol–water partition coefficient (Wildman–Crippen LogP) is -13.5. The topological polar surface area (TPSA) is 159 Å². The number of quaternary nitrogens is 1. The first-order chi connectivity index (χ1) is 19.9. The van der Waals surface area contributed by atoms with Gasteiger partial charge in [0.05, 0.1) is 38.3 Å². The fourth-order valence-electron chi connectivity index (χ4n) is 5.02. The van der Waals surface area contributed by atoms with Crippen LogP contribution in [0.5, 0.6) is 0 Å². The van der Waals surface area contributed by atoms with E-state index in [1.807, 2.05) is 37.4 Å². The number of hydrogen-bond donors (Lipinski definition) is 5. The van der Waals surface area contributed by atoms with Crippen LogP contribution in [0.25, 0.3) is 10.9 Å². The lowest BCUT2D eigenvalue weighted by Gasteiger charge is -2.34. The Balaban J connectivity index is -0.00000387. The average molecular weight is 768 g/mol. The summed E-state index contributed by atoms with van der Waals surface area (Å²) in [5.74, 6) is -1.17. The first kappa shape index (κ1) is 49.4. The molecule has 9 nitrogen and oxygen atoms in total. The van der Waals surface area contributed by atoms with Gasteiger partial charge in [0.15, 0.2) is 12.0 Å².